The zero-order chi connectivity index (χ0) is 14.5. The molecular weight excluding hydrogens is 252 g/mol. The Balaban J connectivity index is 2.44. The Morgan fingerprint density at radius 1 is 1.15 bits per heavy atom. The van der Waals surface area contributed by atoms with Crippen LogP contribution in [0.4, 0.5) is 0 Å². The van der Waals surface area contributed by atoms with Gasteiger partial charge in [0.25, 0.3) is 0 Å². The van der Waals surface area contributed by atoms with E-state index in [0.717, 1.165) is 23.1 Å². The molecule has 3 nitrogen and oxygen atoms in total. The van der Waals surface area contributed by atoms with Crippen LogP contribution in [0.2, 0.25) is 0 Å². The van der Waals surface area contributed by atoms with Crippen molar-refractivity contribution in [3.05, 3.63) is 64.7 Å². The minimum Gasteiger partial charge on any atom is -0.507 e. The number of hydrogen-bond donors (Lipinski definition) is 1. The van der Waals surface area contributed by atoms with E-state index in [2.05, 4.69) is 0 Å². The monoisotopic (exact) mass is 270 g/mol. The number of carbonyl (C=O) groups is 1. The molecule has 0 spiro atoms. The molecule has 0 amide bonds. The van der Waals surface area contributed by atoms with Gasteiger partial charge in [-0.3, -0.25) is 0 Å². The second-order valence-corrected chi connectivity index (χ2v) is 4.66. The van der Waals surface area contributed by atoms with Crippen LogP contribution in [-0.2, 0) is 17.6 Å². The van der Waals surface area contributed by atoms with Crippen LogP contribution < -0.4 is 0 Å². The molecule has 0 fully saturated rings. The summed E-state index contributed by atoms with van der Waals surface area (Å²) in [5.41, 5.74) is 3.08. The van der Waals surface area contributed by atoms with Crippen molar-refractivity contribution in [3.63, 3.8) is 0 Å². The minimum atomic E-state index is -0.507. The van der Waals surface area contributed by atoms with Crippen LogP contribution in [0.1, 0.15) is 34.0 Å². The Bertz CT molecular complexity index is 603. The lowest BCUT2D eigenvalue weighted by atomic mass is 9.97. The standard InChI is InChI=1S/C17H18O3/c1-3-12-9-14(10-13-7-5-4-6-8-13)16(18)15(11-12)17(19)20-2/h4-9,11,18H,3,10H2,1-2H3. The molecule has 2 aromatic rings. The molecule has 0 atom stereocenters. The van der Waals surface area contributed by atoms with Gasteiger partial charge in [-0.05, 0) is 29.2 Å². The predicted molar refractivity (Wildman–Crippen MR) is 78.1 cm³/mol. The molecule has 1 N–H and O–H groups in total. The van der Waals surface area contributed by atoms with Crippen molar-refractivity contribution in [1.29, 1.82) is 0 Å². The van der Waals surface area contributed by atoms with Gasteiger partial charge in [0.1, 0.15) is 11.3 Å². The topological polar surface area (TPSA) is 46.5 Å². The molecular formula is C17H18O3. The first kappa shape index (κ1) is 14.1. The lowest BCUT2D eigenvalue weighted by molar-refractivity contribution is 0.0597. The molecule has 0 bridgehead atoms. The summed E-state index contributed by atoms with van der Waals surface area (Å²) in [7, 11) is 1.32. The first-order valence-electron chi connectivity index (χ1n) is 6.62. The van der Waals surface area contributed by atoms with Crippen molar-refractivity contribution in [2.45, 2.75) is 19.8 Å². The number of carbonyl (C=O) groups excluding carboxylic acids is 1. The molecule has 104 valence electrons. The van der Waals surface area contributed by atoms with Crippen LogP contribution in [0.25, 0.3) is 0 Å². The normalized spacial score (nSPS) is 10.3. The number of ether oxygens (including phenoxy) is 1. The fraction of sp³-hybridized carbons (Fsp3) is 0.235. The lowest BCUT2D eigenvalue weighted by Crippen LogP contribution is -2.05. The molecule has 0 aromatic heterocycles. The van der Waals surface area contributed by atoms with Gasteiger partial charge in [-0.25, -0.2) is 4.79 Å². The van der Waals surface area contributed by atoms with Crippen LogP contribution >= 0.6 is 0 Å². The van der Waals surface area contributed by atoms with Crippen LogP contribution in [0.5, 0.6) is 5.75 Å². The fourth-order valence-corrected chi connectivity index (χ4v) is 2.18. The van der Waals surface area contributed by atoms with Gasteiger partial charge in [0, 0.05) is 6.42 Å². The summed E-state index contributed by atoms with van der Waals surface area (Å²) in [6.07, 6.45) is 1.39. The largest absolute Gasteiger partial charge is 0.507 e. The Morgan fingerprint density at radius 3 is 2.45 bits per heavy atom. The summed E-state index contributed by atoms with van der Waals surface area (Å²) in [6.45, 7) is 2.01. The van der Waals surface area contributed by atoms with Gasteiger partial charge in [-0.1, -0.05) is 43.3 Å². The summed E-state index contributed by atoms with van der Waals surface area (Å²) in [4.78, 5) is 11.7. The van der Waals surface area contributed by atoms with E-state index in [4.69, 9.17) is 4.74 Å². The lowest BCUT2D eigenvalue weighted by Gasteiger charge is -2.11. The van der Waals surface area contributed by atoms with Gasteiger partial charge in [0.05, 0.1) is 7.11 Å². The highest BCUT2D eigenvalue weighted by molar-refractivity contribution is 5.93. The zero-order valence-electron chi connectivity index (χ0n) is 11.7. The number of esters is 1. The maximum absolute atomic E-state index is 11.7. The smallest absolute Gasteiger partial charge is 0.341 e. The quantitative estimate of drug-likeness (QED) is 0.867. The minimum absolute atomic E-state index is 0.0119. The van der Waals surface area contributed by atoms with Crippen molar-refractivity contribution < 1.29 is 14.6 Å². The van der Waals surface area contributed by atoms with Crippen LogP contribution in [0.3, 0.4) is 0 Å². The maximum atomic E-state index is 11.7. The highest BCUT2D eigenvalue weighted by Crippen LogP contribution is 2.28. The van der Waals surface area contributed by atoms with Crippen molar-refractivity contribution >= 4 is 5.97 Å². The molecule has 0 aliphatic carbocycles. The second kappa shape index (κ2) is 6.24. The number of aromatic hydroxyl groups is 1. The highest BCUT2D eigenvalue weighted by Gasteiger charge is 2.16. The SMILES string of the molecule is CCc1cc(Cc2ccccc2)c(O)c(C(=O)OC)c1. The number of hydrogen-bond acceptors (Lipinski definition) is 3. The van der Waals surface area contributed by atoms with Crippen molar-refractivity contribution in [2.75, 3.05) is 7.11 Å². The van der Waals surface area contributed by atoms with E-state index in [1.54, 1.807) is 6.07 Å². The Hall–Kier alpha value is -2.29. The number of phenolic OH excluding ortho intramolecular Hbond substituents is 1. The van der Waals surface area contributed by atoms with Gasteiger partial charge < -0.3 is 9.84 Å². The van der Waals surface area contributed by atoms with E-state index in [-0.39, 0.29) is 11.3 Å². The number of rotatable bonds is 4. The van der Waals surface area contributed by atoms with Gasteiger partial charge in [-0.2, -0.15) is 0 Å². The predicted octanol–water partition coefficient (Wildman–Crippen LogP) is 3.33. The molecule has 0 heterocycles. The molecule has 0 aliphatic heterocycles. The first-order valence-corrected chi connectivity index (χ1v) is 6.62. The molecule has 3 heteroatoms. The molecule has 20 heavy (non-hydrogen) atoms. The third-order valence-corrected chi connectivity index (χ3v) is 3.30. The van der Waals surface area contributed by atoms with Gasteiger partial charge in [0.15, 0.2) is 0 Å². The van der Waals surface area contributed by atoms with E-state index >= 15 is 0 Å². The second-order valence-electron chi connectivity index (χ2n) is 4.66. The van der Waals surface area contributed by atoms with Crippen LogP contribution in [-0.4, -0.2) is 18.2 Å². The summed E-state index contributed by atoms with van der Waals surface area (Å²) in [5, 5.41) is 10.3. The van der Waals surface area contributed by atoms with Gasteiger partial charge >= 0.3 is 5.97 Å². The molecule has 0 aliphatic rings. The Kier molecular flexibility index (Phi) is 4.41. The number of benzene rings is 2. The number of aryl methyl sites for hydroxylation is 1. The zero-order valence-corrected chi connectivity index (χ0v) is 11.7. The molecule has 2 rings (SSSR count). The first-order chi connectivity index (χ1) is 9.65. The van der Waals surface area contributed by atoms with E-state index in [1.807, 2.05) is 43.3 Å². The van der Waals surface area contributed by atoms with E-state index in [1.165, 1.54) is 7.11 Å². The summed E-state index contributed by atoms with van der Waals surface area (Å²) in [6, 6.07) is 13.5. The van der Waals surface area contributed by atoms with E-state index < -0.39 is 5.97 Å². The molecule has 0 saturated heterocycles. The molecule has 0 saturated carbocycles. The third kappa shape index (κ3) is 2.99. The van der Waals surface area contributed by atoms with Crippen LogP contribution in [0.15, 0.2) is 42.5 Å². The van der Waals surface area contributed by atoms with Crippen molar-refractivity contribution in [1.82, 2.24) is 0 Å². The van der Waals surface area contributed by atoms with Crippen molar-refractivity contribution in [2.24, 2.45) is 0 Å². The van der Waals surface area contributed by atoms with Gasteiger partial charge in [-0.15, -0.1) is 0 Å². The number of methoxy groups -OCH3 is 1. The summed E-state index contributed by atoms with van der Waals surface area (Å²) in [5.74, 6) is -0.495. The van der Waals surface area contributed by atoms with E-state index in [0.29, 0.717) is 6.42 Å². The summed E-state index contributed by atoms with van der Waals surface area (Å²) >= 11 is 0. The fourth-order valence-electron chi connectivity index (χ4n) is 2.18. The number of phenols is 1. The average molecular weight is 270 g/mol. The van der Waals surface area contributed by atoms with Gasteiger partial charge in [0.2, 0.25) is 0 Å². The molecule has 0 radical (unpaired) electrons. The van der Waals surface area contributed by atoms with Crippen molar-refractivity contribution in [3.8, 4) is 5.75 Å². The van der Waals surface area contributed by atoms with E-state index in [9.17, 15) is 9.90 Å². The summed E-state index contributed by atoms with van der Waals surface area (Å²) < 4.78 is 4.72. The highest BCUT2D eigenvalue weighted by atomic mass is 16.5. The Labute approximate surface area is 118 Å². The third-order valence-electron chi connectivity index (χ3n) is 3.30. The Morgan fingerprint density at radius 2 is 1.85 bits per heavy atom. The molecule has 2 aromatic carbocycles. The maximum Gasteiger partial charge on any atom is 0.341 e. The van der Waals surface area contributed by atoms with Crippen LogP contribution in [0, 0.1) is 0 Å². The molecule has 0 unspecified atom stereocenters. The average Bonchev–Trinajstić information content (AvgIpc) is 2.49.